The normalized spacial score (nSPS) is 10.9. The van der Waals surface area contributed by atoms with Crippen molar-refractivity contribution in [2.45, 2.75) is 11.7 Å². The number of esters is 1. The maximum Gasteiger partial charge on any atom is 0.374 e. The fourth-order valence-corrected chi connectivity index (χ4v) is 2.00. The Balaban J connectivity index is 2.05. The lowest BCUT2D eigenvalue weighted by atomic mass is 10.1. The van der Waals surface area contributed by atoms with E-state index in [1.807, 2.05) is 6.07 Å². The molecule has 0 saturated carbocycles. The van der Waals surface area contributed by atoms with E-state index in [4.69, 9.17) is 19.6 Å². The molecule has 0 aliphatic carbocycles. The number of carbonyl (C=O) groups excluding carboxylic acids is 1. The van der Waals surface area contributed by atoms with Gasteiger partial charge >= 0.3 is 5.97 Å². The van der Waals surface area contributed by atoms with Crippen LogP contribution in [0.5, 0.6) is 0 Å². The smallest absolute Gasteiger partial charge is 0.374 e. The molecule has 1 aromatic carbocycles. The molecule has 7 nitrogen and oxygen atoms in total. The number of furan rings is 1. The standard InChI is InChI=1S/C13H10N2O5S/c14-7-9-2-1-3-10(6-9)8-19-13(16)11-4-5-12(20-11)21(15,17)18/h1-6H,8H2,(H2,15,17,18). The molecule has 2 rings (SSSR count). The van der Waals surface area contributed by atoms with Crippen molar-refractivity contribution in [2.75, 3.05) is 0 Å². The molecule has 0 bridgehead atoms. The minimum atomic E-state index is -4.00. The van der Waals surface area contributed by atoms with Gasteiger partial charge in [0.15, 0.2) is 0 Å². The Labute approximate surface area is 120 Å². The van der Waals surface area contributed by atoms with Crippen LogP contribution in [-0.4, -0.2) is 14.4 Å². The van der Waals surface area contributed by atoms with Crippen molar-refractivity contribution in [3.05, 3.63) is 53.3 Å². The van der Waals surface area contributed by atoms with Gasteiger partial charge in [-0.25, -0.2) is 18.4 Å². The van der Waals surface area contributed by atoms with Crippen LogP contribution in [0, 0.1) is 11.3 Å². The fourth-order valence-electron chi connectivity index (χ4n) is 1.53. The van der Waals surface area contributed by atoms with E-state index in [9.17, 15) is 13.2 Å². The molecule has 0 aliphatic rings. The molecule has 8 heteroatoms. The van der Waals surface area contributed by atoms with Crippen molar-refractivity contribution < 1.29 is 22.4 Å². The number of primary sulfonamides is 1. The number of hydrogen-bond acceptors (Lipinski definition) is 6. The maximum atomic E-state index is 11.7. The third-order valence-electron chi connectivity index (χ3n) is 2.49. The Hall–Kier alpha value is -2.63. The van der Waals surface area contributed by atoms with Crippen LogP contribution < -0.4 is 5.14 Å². The monoisotopic (exact) mass is 306 g/mol. The van der Waals surface area contributed by atoms with E-state index < -0.39 is 21.1 Å². The summed E-state index contributed by atoms with van der Waals surface area (Å²) >= 11 is 0. The first-order chi connectivity index (χ1) is 9.90. The summed E-state index contributed by atoms with van der Waals surface area (Å²) in [6.07, 6.45) is 0. The molecular formula is C13H10N2O5S. The Morgan fingerprint density at radius 2 is 2.10 bits per heavy atom. The highest BCUT2D eigenvalue weighted by atomic mass is 32.2. The van der Waals surface area contributed by atoms with E-state index in [0.717, 1.165) is 12.1 Å². The number of carbonyl (C=O) groups is 1. The molecule has 108 valence electrons. The van der Waals surface area contributed by atoms with E-state index >= 15 is 0 Å². The zero-order chi connectivity index (χ0) is 15.5. The van der Waals surface area contributed by atoms with E-state index in [1.165, 1.54) is 0 Å². The quantitative estimate of drug-likeness (QED) is 0.845. The van der Waals surface area contributed by atoms with Crippen molar-refractivity contribution in [2.24, 2.45) is 5.14 Å². The first-order valence-corrected chi connectivity index (χ1v) is 7.23. The molecule has 0 fully saturated rings. The Kier molecular flexibility index (Phi) is 4.07. The maximum absolute atomic E-state index is 11.7. The minimum Gasteiger partial charge on any atom is -0.455 e. The van der Waals surface area contributed by atoms with E-state index in [0.29, 0.717) is 11.1 Å². The van der Waals surface area contributed by atoms with Gasteiger partial charge < -0.3 is 9.15 Å². The van der Waals surface area contributed by atoms with Crippen molar-refractivity contribution in [1.82, 2.24) is 0 Å². The second-order valence-corrected chi connectivity index (χ2v) is 5.54. The van der Waals surface area contributed by atoms with Crippen LogP contribution in [0.3, 0.4) is 0 Å². The molecular weight excluding hydrogens is 296 g/mol. The number of nitrogens with zero attached hydrogens (tertiary/aromatic N) is 1. The summed E-state index contributed by atoms with van der Waals surface area (Å²) in [5, 5.41) is 13.1. The number of nitriles is 1. The van der Waals surface area contributed by atoms with E-state index in [2.05, 4.69) is 0 Å². The second kappa shape index (κ2) is 5.78. The number of ether oxygens (including phenoxy) is 1. The zero-order valence-corrected chi connectivity index (χ0v) is 11.5. The SMILES string of the molecule is N#Cc1cccc(COC(=O)c2ccc(S(N)(=O)=O)o2)c1. The topological polar surface area (TPSA) is 123 Å². The first kappa shape index (κ1) is 14.8. The lowest BCUT2D eigenvalue weighted by Gasteiger charge is -2.03. The highest BCUT2D eigenvalue weighted by Gasteiger charge is 2.18. The Morgan fingerprint density at radius 1 is 1.33 bits per heavy atom. The highest BCUT2D eigenvalue weighted by molar-refractivity contribution is 7.89. The van der Waals surface area contributed by atoms with Gasteiger partial charge in [-0.1, -0.05) is 12.1 Å². The van der Waals surface area contributed by atoms with Gasteiger partial charge in [-0.3, -0.25) is 0 Å². The molecule has 0 saturated heterocycles. The van der Waals surface area contributed by atoms with E-state index in [1.54, 1.807) is 24.3 Å². The predicted octanol–water partition coefficient (Wildman–Crippen LogP) is 1.16. The van der Waals surface area contributed by atoms with E-state index in [-0.39, 0.29) is 12.4 Å². The predicted molar refractivity (Wildman–Crippen MR) is 70.4 cm³/mol. The van der Waals surface area contributed by atoms with Crippen LogP contribution in [0.2, 0.25) is 0 Å². The largest absolute Gasteiger partial charge is 0.455 e. The third-order valence-corrected chi connectivity index (χ3v) is 3.27. The van der Waals surface area contributed by atoms with Gasteiger partial charge in [-0.15, -0.1) is 0 Å². The van der Waals surface area contributed by atoms with Gasteiger partial charge in [0.25, 0.3) is 10.0 Å². The number of benzene rings is 1. The molecule has 1 heterocycles. The van der Waals surface area contributed by atoms with Gasteiger partial charge in [0.2, 0.25) is 10.9 Å². The van der Waals surface area contributed by atoms with Gasteiger partial charge in [-0.05, 0) is 29.8 Å². The van der Waals surface area contributed by atoms with Crippen LogP contribution in [0.1, 0.15) is 21.7 Å². The lowest BCUT2D eigenvalue weighted by Crippen LogP contribution is -2.11. The molecule has 0 radical (unpaired) electrons. The van der Waals surface area contributed by atoms with Gasteiger partial charge in [0, 0.05) is 0 Å². The van der Waals surface area contributed by atoms with Gasteiger partial charge in [-0.2, -0.15) is 5.26 Å². The first-order valence-electron chi connectivity index (χ1n) is 5.69. The zero-order valence-electron chi connectivity index (χ0n) is 10.6. The summed E-state index contributed by atoms with van der Waals surface area (Å²) < 4.78 is 31.8. The summed E-state index contributed by atoms with van der Waals surface area (Å²) in [5.41, 5.74) is 1.07. The molecule has 0 atom stereocenters. The van der Waals surface area contributed by atoms with Crippen LogP contribution in [-0.2, 0) is 21.4 Å². The molecule has 0 spiro atoms. The van der Waals surface area contributed by atoms with Crippen LogP contribution in [0.15, 0.2) is 45.9 Å². The van der Waals surface area contributed by atoms with Crippen molar-refractivity contribution in [3.8, 4) is 6.07 Å². The fraction of sp³-hybridized carbons (Fsp3) is 0.0769. The molecule has 21 heavy (non-hydrogen) atoms. The Morgan fingerprint density at radius 3 is 2.71 bits per heavy atom. The summed E-state index contributed by atoms with van der Waals surface area (Å²) in [7, 11) is -4.00. The van der Waals surface area contributed by atoms with Crippen molar-refractivity contribution in [1.29, 1.82) is 5.26 Å². The lowest BCUT2D eigenvalue weighted by molar-refractivity contribution is 0.0430. The molecule has 2 aromatic rings. The number of nitrogens with two attached hydrogens (primary N) is 1. The number of rotatable bonds is 4. The highest BCUT2D eigenvalue weighted by Crippen LogP contribution is 2.14. The molecule has 0 aliphatic heterocycles. The number of hydrogen-bond donors (Lipinski definition) is 1. The van der Waals surface area contributed by atoms with Crippen LogP contribution in [0.25, 0.3) is 0 Å². The number of sulfonamides is 1. The van der Waals surface area contributed by atoms with Crippen LogP contribution >= 0.6 is 0 Å². The van der Waals surface area contributed by atoms with Crippen LogP contribution in [0.4, 0.5) is 0 Å². The second-order valence-electron chi connectivity index (χ2n) is 4.05. The summed E-state index contributed by atoms with van der Waals surface area (Å²) in [4.78, 5) is 11.7. The average Bonchev–Trinajstić information content (AvgIpc) is 2.95. The minimum absolute atomic E-state index is 0.0697. The molecule has 2 N–H and O–H groups in total. The molecule has 0 amide bonds. The summed E-state index contributed by atoms with van der Waals surface area (Å²) in [6, 6.07) is 10.7. The average molecular weight is 306 g/mol. The van der Waals surface area contributed by atoms with Crippen molar-refractivity contribution >= 4 is 16.0 Å². The third kappa shape index (κ3) is 3.68. The summed E-state index contributed by atoms with van der Waals surface area (Å²) in [5.74, 6) is -1.09. The van der Waals surface area contributed by atoms with Gasteiger partial charge in [0.1, 0.15) is 6.61 Å². The molecule has 0 unspecified atom stereocenters. The van der Waals surface area contributed by atoms with Gasteiger partial charge in [0.05, 0.1) is 11.6 Å². The van der Waals surface area contributed by atoms with Crippen molar-refractivity contribution in [3.63, 3.8) is 0 Å². The summed E-state index contributed by atoms with van der Waals surface area (Å²) in [6.45, 7) is -0.0697. The molecule has 1 aromatic heterocycles. The Bertz CT molecular complexity index is 817.